The zero-order valence-electron chi connectivity index (χ0n) is 14.4. The SMILES string of the molecule is COc1c(C(C)(C)C)cccc1C(C)(C)C1C=CC(C)=C1. The first-order valence-electron chi connectivity index (χ1n) is 7.72. The molecule has 1 atom stereocenters. The highest BCUT2D eigenvalue weighted by atomic mass is 16.5. The quantitative estimate of drug-likeness (QED) is 0.722. The summed E-state index contributed by atoms with van der Waals surface area (Å²) in [5, 5.41) is 0. The molecule has 0 N–H and O–H groups in total. The van der Waals surface area contributed by atoms with Crippen molar-refractivity contribution in [1.29, 1.82) is 0 Å². The Morgan fingerprint density at radius 1 is 1.00 bits per heavy atom. The Morgan fingerprint density at radius 2 is 1.62 bits per heavy atom. The van der Waals surface area contributed by atoms with E-state index in [0.29, 0.717) is 5.92 Å². The van der Waals surface area contributed by atoms with Crippen molar-refractivity contribution in [3.63, 3.8) is 0 Å². The molecule has 0 saturated heterocycles. The van der Waals surface area contributed by atoms with Gasteiger partial charge in [0.1, 0.15) is 5.75 Å². The summed E-state index contributed by atoms with van der Waals surface area (Å²) in [5.41, 5.74) is 4.01. The molecule has 2 rings (SSSR count). The minimum Gasteiger partial charge on any atom is -0.496 e. The predicted molar refractivity (Wildman–Crippen MR) is 91.1 cm³/mol. The molecule has 1 aromatic carbocycles. The van der Waals surface area contributed by atoms with Gasteiger partial charge in [0.2, 0.25) is 0 Å². The fourth-order valence-corrected chi connectivity index (χ4v) is 3.13. The van der Waals surface area contributed by atoms with Gasteiger partial charge in [0.25, 0.3) is 0 Å². The molecule has 1 nitrogen and oxygen atoms in total. The highest BCUT2D eigenvalue weighted by Crippen LogP contribution is 2.44. The van der Waals surface area contributed by atoms with Crippen LogP contribution in [0.4, 0.5) is 0 Å². The monoisotopic (exact) mass is 284 g/mol. The van der Waals surface area contributed by atoms with Crippen molar-refractivity contribution < 1.29 is 4.74 Å². The molecule has 0 aliphatic heterocycles. The van der Waals surface area contributed by atoms with Crippen LogP contribution < -0.4 is 4.74 Å². The molecule has 1 heteroatoms. The summed E-state index contributed by atoms with van der Waals surface area (Å²) < 4.78 is 5.83. The maximum atomic E-state index is 5.83. The van der Waals surface area contributed by atoms with Gasteiger partial charge in [0, 0.05) is 16.9 Å². The van der Waals surface area contributed by atoms with Crippen molar-refractivity contribution in [2.75, 3.05) is 7.11 Å². The van der Waals surface area contributed by atoms with E-state index >= 15 is 0 Å². The lowest BCUT2D eigenvalue weighted by Crippen LogP contribution is -2.27. The Bertz CT molecular complexity index is 582. The largest absolute Gasteiger partial charge is 0.496 e. The zero-order valence-corrected chi connectivity index (χ0v) is 14.4. The Labute approximate surface area is 129 Å². The molecule has 0 amide bonds. The van der Waals surface area contributed by atoms with E-state index in [4.69, 9.17) is 4.74 Å². The minimum absolute atomic E-state index is 0.0147. The van der Waals surface area contributed by atoms with Gasteiger partial charge >= 0.3 is 0 Å². The van der Waals surface area contributed by atoms with Crippen molar-refractivity contribution >= 4 is 0 Å². The third kappa shape index (κ3) is 2.92. The third-order valence-corrected chi connectivity index (χ3v) is 4.56. The standard InChI is InChI=1S/C20H28O/c1-14-11-12-15(13-14)20(5,6)17-10-8-9-16(18(17)21-7)19(2,3)4/h8-13,15H,1-7H3. The fourth-order valence-electron chi connectivity index (χ4n) is 3.13. The summed E-state index contributed by atoms with van der Waals surface area (Å²) in [6, 6.07) is 6.56. The fraction of sp³-hybridized carbons (Fsp3) is 0.500. The normalized spacial score (nSPS) is 18.8. The Hall–Kier alpha value is -1.50. The van der Waals surface area contributed by atoms with Gasteiger partial charge in [-0.1, -0.05) is 76.6 Å². The van der Waals surface area contributed by atoms with Crippen LogP contribution in [0.1, 0.15) is 52.7 Å². The number of allylic oxidation sites excluding steroid dienone is 4. The van der Waals surface area contributed by atoms with Crippen LogP contribution in [0, 0.1) is 5.92 Å². The zero-order chi connectivity index (χ0) is 15.8. The van der Waals surface area contributed by atoms with Crippen LogP contribution in [0.3, 0.4) is 0 Å². The van der Waals surface area contributed by atoms with Crippen molar-refractivity contribution in [3.05, 3.63) is 53.1 Å². The number of ether oxygens (including phenoxy) is 1. The summed E-state index contributed by atoms with van der Waals surface area (Å²) >= 11 is 0. The Kier molecular flexibility index (Phi) is 4.06. The molecule has 0 spiro atoms. The lowest BCUT2D eigenvalue weighted by molar-refractivity contribution is 0.364. The number of hydrogen-bond acceptors (Lipinski definition) is 1. The topological polar surface area (TPSA) is 9.23 Å². The maximum Gasteiger partial charge on any atom is 0.126 e. The van der Waals surface area contributed by atoms with E-state index < -0.39 is 0 Å². The number of hydrogen-bond donors (Lipinski definition) is 0. The van der Waals surface area contributed by atoms with Crippen molar-refractivity contribution in [2.24, 2.45) is 5.92 Å². The number of para-hydroxylation sites is 1. The third-order valence-electron chi connectivity index (χ3n) is 4.56. The van der Waals surface area contributed by atoms with Crippen LogP contribution in [-0.4, -0.2) is 7.11 Å². The maximum absolute atomic E-state index is 5.83. The molecular weight excluding hydrogens is 256 g/mol. The molecule has 1 aliphatic rings. The lowest BCUT2D eigenvalue weighted by Gasteiger charge is -2.34. The summed E-state index contributed by atoms with van der Waals surface area (Å²) in [5.74, 6) is 1.46. The average molecular weight is 284 g/mol. The van der Waals surface area contributed by atoms with Gasteiger partial charge in [-0.3, -0.25) is 0 Å². The van der Waals surface area contributed by atoms with E-state index in [1.54, 1.807) is 7.11 Å². The van der Waals surface area contributed by atoms with Gasteiger partial charge in [0.05, 0.1) is 7.11 Å². The van der Waals surface area contributed by atoms with Crippen molar-refractivity contribution in [2.45, 2.75) is 52.4 Å². The van der Waals surface area contributed by atoms with Gasteiger partial charge in [-0.25, -0.2) is 0 Å². The van der Waals surface area contributed by atoms with E-state index in [1.165, 1.54) is 16.7 Å². The molecule has 21 heavy (non-hydrogen) atoms. The molecule has 0 saturated carbocycles. The molecule has 0 fully saturated rings. The average Bonchev–Trinajstić information content (AvgIpc) is 2.84. The number of methoxy groups -OCH3 is 1. The highest BCUT2D eigenvalue weighted by molar-refractivity contribution is 5.50. The number of benzene rings is 1. The van der Waals surface area contributed by atoms with Crippen molar-refractivity contribution in [3.8, 4) is 5.75 Å². The first-order chi connectivity index (χ1) is 9.67. The first-order valence-corrected chi connectivity index (χ1v) is 7.72. The van der Waals surface area contributed by atoms with Gasteiger partial charge in [-0.15, -0.1) is 0 Å². The second kappa shape index (κ2) is 5.36. The summed E-state index contributed by atoms with van der Waals surface area (Å²) in [6.45, 7) is 13.5. The summed E-state index contributed by atoms with van der Waals surface area (Å²) in [7, 11) is 1.79. The van der Waals surface area contributed by atoms with Gasteiger partial charge in [0.15, 0.2) is 0 Å². The van der Waals surface area contributed by atoms with E-state index in [-0.39, 0.29) is 10.8 Å². The van der Waals surface area contributed by atoms with Crippen LogP contribution in [-0.2, 0) is 10.8 Å². The summed E-state index contributed by atoms with van der Waals surface area (Å²) in [4.78, 5) is 0. The molecule has 0 bridgehead atoms. The van der Waals surface area contributed by atoms with Gasteiger partial charge < -0.3 is 4.74 Å². The smallest absolute Gasteiger partial charge is 0.126 e. The van der Waals surface area contributed by atoms with Crippen LogP contribution >= 0.6 is 0 Å². The highest BCUT2D eigenvalue weighted by Gasteiger charge is 2.34. The summed E-state index contributed by atoms with van der Waals surface area (Å²) in [6.07, 6.45) is 6.87. The van der Waals surface area contributed by atoms with Crippen LogP contribution in [0.5, 0.6) is 5.75 Å². The Morgan fingerprint density at radius 3 is 2.10 bits per heavy atom. The van der Waals surface area contributed by atoms with Crippen LogP contribution in [0.2, 0.25) is 0 Å². The van der Waals surface area contributed by atoms with Gasteiger partial charge in [-0.05, 0) is 17.9 Å². The molecular formula is C20H28O. The van der Waals surface area contributed by atoms with E-state index in [0.717, 1.165) is 5.75 Å². The predicted octanol–water partition coefficient (Wildman–Crippen LogP) is 5.40. The van der Waals surface area contributed by atoms with E-state index in [1.807, 2.05) is 0 Å². The number of rotatable bonds is 3. The molecule has 1 aromatic rings. The molecule has 0 heterocycles. The Balaban J connectivity index is 2.56. The van der Waals surface area contributed by atoms with E-state index in [2.05, 4.69) is 78.0 Å². The van der Waals surface area contributed by atoms with E-state index in [9.17, 15) is 0 Å². The molecule has 114 valence electrons. The van der Waals surface area contributed by atoms with Crippen LogP contribution in [0.25, 0.3) is 0 Å². The molecule has 1 unspecified atom stereocenters. The minimum atomic E-state index is 0.0147. The molecule has 0 aromatic heterocycles. The van der Waals surface area contributed by atoms with Crippen LogP contribution in [0.15, 0.2) is 42.0 Å². The first kappa shape index (κ1) is 15.9. The second-order valence-electron chi connectivity index (χ2n) is 7.65. The molecule has 1 aliphatic carbocycles. The van der Waals surface area contributed by atoms with Gasteiger partial charge in [-0.2, -0.15) is 0 Å². The lowest BCUT2D eigenvalue weighted by atomic mass is 9.71. The van der Waals surface area contributed by atoms with Crippen molar-refractivity contribution in [1.82, 2.24) is 0 Å². The molecule has 0 radical (unpaired) electrons. The second-order valence-corrected chi connectivity index (χ2v) is 7.65.